The monoisotopic (exact) mass is 407 g/mol. The molecule has 2 aromatic rings. The fourth-order valence-corrected chi connectivity index (χ4v) is 4.46. The fraction of sp³-hybridized carbons (Fsp3) is 0.375. The largest absolute Gasteiger partial charge is 0.481 e. The van der Waals surface area contributed by atoms with Crippen LogP contribution in [0.1, 0.15) is 16.1 Å². The first-order valence-corrected chi connectivity index (χ1v) is 9.04. The van der Waals surface area contributed by atoms with E-state index in [1.54, 1.807) is 6.92 Å². The topological polar surface area (TPSA) is 68.7 Å². The first-order valence-electron chi connectivity index (χ1n) is 7.24. The normalized spacial score (nSPS) is 12.4. The number of halogens is 3. The van der Waals surface area contributed by atoms with Gasteiger partial charge in [0.25, 0.3) is 5.12 Å². The Morgan fingerprint density at radius 3 is 2.27 bits per heavy atom. The maximum atomic E-state index is 12.7. The number of carboxylic acid groups (broad SMARTS) is 1. The van der Waals surface area contributed by atoms with Crippen molar-refractivity contribution in [3.63, 3.8) is 0 Å². The predicted octanol–water partition coefficient (Wildman–Crippen LogP) is 4.36. The molecular formula is C16H16F3NO4S2. The number of thiazole rings is 1. The highest BCUT2D eigenvalue weighted by Crippen LogP contribution is 2.44. The Bertz CT molecular complexity index is 771. The summed E-state index contributed by atoms with van der Waals surface area (Å²) in [4.78, 5) is 15.8. The number of nitrogens with zero attached hydrogens (tertiary/aromatic N) is 1. The number of hydrogen-bond donors (Lipinski definition) is 1. The molecule has 0 bridgehead atoms. The molecule has 0 saturated heterocycles. The van der Waals surface area contributed by atoms with Crippen molar-refractivity contribution in [1.29, 1.82) is 0 Å². The number of ether oxygens (including phenoxy) is 2. The summed E-state index contributed by atoms with van der Waals surface area (Å²) < 4.78 is 48.9. The average Bonchev–Trinajstić information content (AvgIpc) is 2.98. The van der Waals surface area contributed by atoms with Crippen molar-refractivity contribution in [3.8, 4) is 10.6 Å². The van der Waals surface area contributed by atoms with E-state index in [1.807, 2.05) is 0 Å². The number of rotatable bonds is 7. The second-order valence-corrected chi connectivity index (χ2v) is 7.27. The van der Waals surface area contributed by atoms with Crippen LogP contribution >= 0.6 is 23.1 Å². The Kier molecular flexibility index (Phi) is 6.33. The molecule has 1 aromatic heterocycles. The molecule has 1 N–H and O–H groups in total. The maximum Gasteiger partial charge on any atom is 0.416 e. The molecular weight excluding hydrogens is 391 g/mol. The van der Waals surface area contributed by atoms with Gasteiger partial charge in [0, 0.05) is 19.8 Å². The van der Waals surface area contributed by atoms with E-state index in [0.29, 0.717) is 21.1 Å². The average molecular weight is 407 g/mol. The number of aryl methyl sites for hydroxylation is 1. The van der Waals surface area contributed by atoms with Gasteiger partial charge < -0.3 is 14.6 Å². The third kappa shape index (κ3) is 4.37. The number of carbonyl (C=O) groups is 1. The molecule has 0 unspecified atom stereocenters. The Balaban J connectivity index is 2.39. The van der Waals surface area contributed by atoms with E-state index in [0.717, 1.165) is 23.9 Å². The molecule has 142 valence electrons. The van der Waals surface area contributed by atoms with Gasteiger partial charge in [0.1, 0.15) is 5.01 Å². The number of carboxylic acids is 1. The zero-order valence-electron chi connectivity index (χ0n) is 14.1. The van der Waals surface area contributed by atoms with E-state index >= 15 is 0 Å². The molecule has 1 aromatic carbocycles. The lowest BCUT2D eigenvalue weighted by Gasteiger charge is -2.28. The zero-order chi connectivity index (χ0) is 19.5. The van der Waals surface area contributed by atoms with E-state index < -0.39 is 22.8 Å². The Morgan fingerprint density at radius 2 is 1.81 bits per heavy atom. The van der Waals surface area contributed by atoms with Crippen LogP contribution in [0, 0.1) is 6.92 Å². The minimum absolute atomic E-state index is 0.255. The van der Waals surface area contributed by atoms with Gasteiger partial charge in [-0.3, -0.25) is 4.79 Å². The van der Waals surface area contributed by atoms with Gasteiger partial charge in [-0.15, -0.1) is 11.3 Å². The molecule has 0 atom stereocenters. The van der Waals surface area contributed by atoms with Crippen molar-refractivity contribution in [2.45, 2.75) is 18.2 Å². The molecule has 1 heterocycles. The molecule has 0 saturated carbocycles. The molecule has 2 rings (SSSR count). The molecule has 0 spiro atoms. The van der Waals surface area contributed by atoms with E-state index in [-0.39, 0.29) is 5.75 Å². The molecule has 0 amide bonds. The van der Waals surface area contributed by atoms with Crippen LogP contribution in [0.2, 0.25) is 0 Å². The van der Waals surface area contributed by atoms with Gasteiger partial charge in [-0.05, 0) is 19.1 Å². The first-order chi connectivity index (χ1) is 12.1. The Hall–Kier alpha value is -1.62. The molecule has 0 fully saturated rings. The standard InChI is InChI=1S/C16H16F3NO4S2/c1-9-13(16(23-2,24-3)25-8-12(21)22)26-14(20-9)10-4-6-11(7-5-10)15(17,18)19/h4-7H,8H2,1-3H3,(H,21,22). The van der Waals surface area contributed by atoms with Gasteiger partial charge in [-0.1, -0.05) is 23.9 Å². The van der Waals surface area contributed by atoms with E-state index in [2.05, 4.69) is 4.98 Å². The number of benzene rings is 1. The highest BCUT2D eigenvalue weighted by molar-refractivity contribution is 8.00. The minimum atomic E-state index is -4.41. The summed E-state index contributed by atoms with van der Waals surface area (Å²) in [5.74, 6) is -1.28. The van der Waals surface area contributed by atoms with Crippen LogP contribution in [-0.4, -0.2) is 36.0 Å². The van der Waals surface area contributed by atoms with Gasteiger partial charge >= 0.3 is 12.1 Å². The van der Waals surface area contributed by atoms with Crippen molar-refractivity contribution in [2.75, 3.05) is 20.0 Å². The van der Waals surface area contributed by atoms with E-state index in [9.17, 15) is 18.0 Å². The lowest BCUT2D eigenvalue weighted by Crippen LogP contribution is -2.28. The van der Waals surface area contributed by atoms with Crippen LogP contribution in [0.25, 0.3) is 10.6 Å². The summed E-state index contributed by atoms with van der Waals surface area (Å²) in [6.07, 6.45) is -4.41. The summed E-state index contributed by atoms with van der Waals surface area (Å²) in [6.45, 7) is 1.70. The Morgan fingerprint density at radius 1 is 1.23 bits per heavy atom. The number of hydrogen-bond acceptors (Lipinski definition) is 6. The second kappa shape index (κ2) is 7.95. The number of aliphatic carboxylic acids is 1. The molecule has 26 heavy (non-hydrogen) atoms. The predicted molar refractivity (Wildman–Crippen MR) is 93.1 cm³/mol. The van der Waals surface area contributed by atoms with Crippen LogP contribution in [0.3, 0.4) is 0 Å². The maximum absolute atomic E-state index is 12.7. The lowest BCUT2D eigenvalue weighted by atomic mass is 10.1. The SMILES string of the molecule is COC(OC)(SCC(=O)O)c1sc(-c2ccc(C(F)(F)F)cc2)nc1C. The summed E-state index contributed by atoms with van der Waals surface area (Å²) in [6, 6.07) is 4.67. The van der Waals surface area contributed by atoms with Crippen LogP contribution in [0.5, 0.6) is 0 Å². The number of methoxy groups -OCH3 is 2. The van der Waals surface area contributed by atoms with Crippen molar-refractivity contribution < 1.29 is 32.5 Å². The summed E-state index contributed by atoms with van der Waals surface area (Å²) in [5.41, 5.74) is 0.322. The lowest BCUT2D eigenvalue weighted by molar-refractivity contribution is -0.141. The van der Waals surface area contributed by atoms with E-state index in [1.165, 1.54) is 37.7 Å². The molecule has 0 aliphatic heterocycles. The molecule has 10 heteroatoms. The summed E-state index contributed by atoms with van der Waals surface area (Å²) in [7, 11) is 2.77. The second-order valence-electron chi connectivity index (χ2n) is 5.16. The molecule has 0 aliphatic rings. The van der Waals surface area contributed by atoms with Crippen LogP contribution in [0.15, 0.2) is 24.3 Å². The third-order valence-corrected chi connectivity index (χ3v) is 6.18. The van der Waals surface area contributed by atoms with Crippen molar-refractivity contribution in [1.82, 2.24) is 4.98 Å². The van der Waals surface area contributed by atoms with Gasteiger partial charge in [0.15, 0.2) is 0 Å². The van der Waals surface area contributed by atoms with Crippen LogP contribution in [-0.2, 0) is 25.6 Å². The number of thioether (sulfide) groups is 1. The van der Waals surface area contributed by atoms with Crippen LogP contribution in [0.4, 0.5) is 13.2 Å². The first kappa shape index (κ1) is 20.7. The molecule has 5 nitrogen and oxygen atoms in total. The summed E-state index contributed by atoms with van der Waals surface area (Å²) >= 11 is 2.11. The Labute approximate surface area is 156 Å². The highest BCUT2D eigenvalue weighted by atomic mass is 32.2. The summed E-state index contributed by atoms with van der Waals surface area (Å²) in [5, 5.41) is 8.05. The quantitative estimate of drug-likeness (QED) is 0.688. The molecule has 0 radical (unpaired) electrons. The van der Waals surface area contributed by atoms with Crippen LogP contribution < -0.4 is 0 Å². The highest BCUT2D eigenvalue weighted by Gasteiger charge is 2.38. The number of aromatic nitrogens is 1. The van der Waals surface area contributed by atoms with Gasteiger partial charge in [-0.2, -0.15) is 13.2 Å². The van der Waals surface area contributed by atoms with Gasteiger partial charge in [0.05, 0.1) is 21.9 Å². The third-order valence-electron chi connectivity index (χ3n) is 3.46. The van der Waals surface area contributed by atoms with Crippen molar-refractivity contribution in [2.24, 2.45) is 0 Å². The fourth-order valence-electron chi connectivity index (χ4n) is 2.21. The van der Waals surface area contributed by atoms with Crippen molar-refractivity contribution in [3.05, 3.63) is 40.4 Å². The molecule has 0 aliphatic carbocycles. The smallest absolute Gasteiger partial charge is 0.416 e. The van der Waals surface area contributed by atoms with Gasteiger partial charge in [0.2, 0.25) is 0 Å². The van der Waals surface area contributed by atoms with E-state index in [4.69, 9.17) is 14.6 Å². The van der Waals surface area contributed by atoms with Crippen molar-refractivity contribution >= 4 is 29.1 Å². The zero-order valence-corrected chi connectivity index (χ0v) is 15.7. The van der Waals surface area contributed by atoms with Gasteiger partial charge in [-0.25, -0.2) is 4.98 Å². The minimum Gasteiger partial charge on any atom is -0.481 e. The number of alkyl halides is 3.